The van der Waals surface area contributed by atoms with E-state index in [2.05, 4.69) is 6.58 Å². The summed E-state index contributed by atoms with van der Waals surface area (Å²) in [6, 6.07) is 0. The maximum absolute atomic E-state index is 10.8. The van der Waals surface area contributed by atoms with Gasteiger partial charge in [-0.15, -0.1) is 0 Å². The summed E-state index contributed by atoms with van der Waals surface area (Å²) in [6.45, 7) is 3.49. The number of hydrogen-bond acceptors (Lipinski definition) is 2. The Bertz CT molecular complexity index is 250. The molecular formula is C8H8O3. The van der Waals surface area contributed by atoms with Crippen molar-refractivity contribution in [1.82, 2.24) is 0 Å². The molecule has 0 saturated carbocycles. The highest BCUT2D eigenvalue weighted by Crippen LogP contribution is 2.22. The number of hydrogen-bond donors (Lipinski definition) is 1. The summed E-state index contributed by atoms with van der Waals surface area (Å²) >= 11 is 0. The van der Waals surface area contributed by atoms with E-state index in [-0.39, 0.29) is 18.1 Å². The van der Waals surface area contributed by atoms with Gasteiger partial charge in [-0.25, -0.2) is 0 Å². The quantitative estimate of drug-likeness (QED) is 0.594. The van der Waals surface area contributed by atoms with Gasteiger partial charge in [0.25, 0.3) is 0 Å². The molecule has 3 heteroatoms. The van der Waals surface area contributed by atoms with Crippen LogP contribution in [0.2, 0.25) is 0 Å². The van der Waals surface area contributed by atoms with Gasteiger partial charge in [-0.3, -0.25) is 9.59 Å². The molecule has 1 aliphatic rings. The van der Waals surface area contributed by atoms with Crippen molar-refractivity contribution in [3.63, 3.8) is 0 Å². The number of carbonyl (C=O) groups is 2. The van der Waals surface area contributed by atoms with Crippen molar-refractivity contribution >= 4 is 11.8 Å². The first-order valence-corrected chi connectivity index (χ1v) is 3.24. The molecule has 0 aromatic carbocycles. The molecule has 0 fully saturated rings. The van der Waals surface area contributed by atoms with Crippen molar-refractivity contribution in [2.75, 3.05) is 0 Å². The number of aliphatic carboxylic acids is 1. The molecule has 1 aliphatic carbocycles. The summed E-state index contributed by atoms with van der Waals surface area (Å²) in [7, 11) is 0. The summed E-state index contributed by atoms with van der Waals surface area (Å²) in [5.41, 5.74) is 0.382. The average Bonchev–Trinajstić information content (AvgIpc) is 2.18. The lowest BCUT2D eigenvalue weighted by Gasteiger charge is -2.03. The highest BCUT2D eigenvalue weighted by Gasteiger charge is 2.22. The number of allylic oxidation sites excluding steroid dienone is 3. The van der Waals surface area contributed by atoms with Crippen molar-refractivity contribution < 1.29 is 14.7 Å². The fourth-order valence-corrected chi connectivity index (χ4v) is 0.989. The molecule has 1 N–H and O–H groups in total. The zero-order valence-corrected chi connectivity index (χ0v) is 5.91. The SMILES string of the molecule is C=C1C(=O)C=CC1CC(=O)O. The third-order valence-electron chi connectivity index (χ3n) is 1.64. The lowest BCUT2D eigenvalue weighted by molar-refractivity contribution is -0.137. The van der Waals surface area contributed by atoms with E-state index in [4.69, 9.17) is 5.11 Å². The van der Waals surface area contributed by atoms with Gasteiger partial charge in [0.15, 0.2) is 5.78 Å². The Hall–Kier alpha value is -1.38. The first kappa shape index (κ1) is 7.72. The third kappa shape index (κ3) is 1.55. The Balaban J connectivity index is 2.63. The predicted octanol–water partition coefficient (Wildman–Crippen LogP) is 0.772. The predicted molar refractivity (Wildman–Crippen MR) is 39.0 cm³/mol. The standard InChI is InChI=1S/C8H8O3/c1-5-6(4-8(10)11)2-3-7(5)9/h2-3,6H,1,4H2,(H,10,11). The van der Waals surface area contributed by atoms with E-state index >= 15 is 0 Å². The van der Waals surface area contributed by atoms with Crippen LogP contribution in [-0.4, -0.2) is 16.9 Å². The lowest BCUT2D eigenvalue weighted by Crippen LogP contribution is -2.07. The largest absolute Gasteiger partial charge is 0.481 e. The van der Waals surface area contributed by atoms with Crippen LogP contribution in [0.1, 0.15) is 6.42 Å². The molecule has 0 spiro atoms. The number of rotatable bonds is 2. The molecule has 0 bridgehead atoms. The van der Waals surface area contributed by atoms with E-state index in [1.54, 1.807) is 6.08 Å². The molecule has 1 rings (SSSR count). The van der Waals surface area contributed by atoms with Crippen molar-refractivity contribution in [3.05, 3.63) is 24.3 Å². The van der Waals surface area contributed by atoms with E-state index in [9.17, 15) is 9.59 Å². The Kier molecular flexibility index (Phi) is 1.89. The summed E-state index contributed by atoms with van der Waals surface area (Å²) < 4.78 is 0. The molecule has 0 aromatic rings. The minimum absolute atomic E-state index is 0.0406. The van der Waals surface area contributed by atoms with Gasteiger partial charge in [0, 0.05) is 5.92 Å². The number of carbonyl (C=O) groups excluding carboxylic acids is 1. The molecule has 1 unspecified atom stereocenters. The molecule has 0 aromatic heterocycles. The maximum Gasteiger partial charge on any atom is 0.304 e. The first-order chi connectivity index (χ1) is 5.11. The van der Waals surface area contributed by atoms with Gasteiger partial charge < -0.3 is 5.11 Å². The minimum atomic E-state index is -0.907. The molecule has 0 radical (unpaired) electrons. The second-order valence-corrected chi connectivity index (χ2v) is 2.45. The van der Waals surface area contributed by atoms with Crippen LogP contribution >= 0.6 is 0 Å². The van der Waals surface area contributed by atoms with Gasteiger partial charge in [-0.1, -0.05) is 12.7 Å². The van der Waals surface area contributed by atoms with Gasteiger partial charge in [0.1, 0.15) is 0 Å². The summed E-state index contributed by atoms with van der Waals surface area (Å²) in [4.78, 5) is 21.0. The molecule has 0 saturated heterocycles. The second kappa shape index (κ2) is 2.70. The Labute approximate surface area is 64.0 Å². The topological polar surface area (TPSA) is 54.4 Å². The van der Waals surface area contributed by atoms with Crippen LogP contribution in [-0.2, 0) is 9.59 Å². The normalized spacial score (nSPS) is 22.7. The van der Waals surface area contributed by atoms with Crippen molar-refractivity contribution in [2.24, 2.45) is 5.92 Å². The van der Waals surface area contributed by atoms with Crippen LogP contribution in [0.15, 0.2) is 24.3 Å². The van der Waals surface area contributed by atoms with Crippen LogP contribution in [0, 0.1) is 5.92 Å². The van der Waals surface area contributed by atoms with Gasteiger partial charge in [-0.05, 0) is 11.6 Å². The first-order valence-electron chi connectivity index (χ1n) is 3.24. The number of carboxylic acid groups (broad SMARTS) is 1. The van der Waals surface area contributed by atoms with Crippen LogP contribution in [0.25, 0.3) is 0 Å². The van der Waals surface area contributed by atoms with E-state index in [1.807, 2.05) is 0 Å². The zero-order chi connectivity index (χ0) is 8.43. The average molecular weight is 152 g/mol. The molecule has 11 heavy (non-hydrogen) atoms. The molecule has 3 nitrogen and oxygen atoms in total. The van der Waals surface area contributed by atoms with Gasteiger partial charge in [-0.2, -0.15) is 0 Å². The van der Waals surface area contributed by atoms with Crippen LogP contribution < -0.4 is 0 Å². The molecule has 0 aliphatic heterocycles. The molecule has 1 atom stereocenters. The molecule has 0 amide bonds. The van der Waals surface area contributed by atoms with Crippen molar-refractivity contribution in [2.45, 2.75) is 6.42 Å². The van der Waals surface area contributed by atoms with Crippen LogP contribution in [0.3, 0.4) is 0 Å². The van der Waals surface area contributed by atoms with Crippen molar-refractivity contribution in [1.29, 1.82) is 0 Å². The van der Waals surface area contributed by atoms with Crippen LogP contribution in [0.4, 0.5) is 0 Å². The minimum Gasteiger partial charge on any atom is -0.481 e. The molecular weight excluding hydrogens is 144 g/mol. The lowest BCUT2D eigenvalue weighted by atomic mass is 10.0. The van der Waals surface area contributed by atoms with Gasteiger partial charge >= 0.3 is 5.97 Å². The Morgan fingerprint density at radius 3 is 2.73 bits per heavy atom. The monoisotopic (exact) mass is 152 g/mol. The third-order valence-corrected chi connectivity index (χ3v) is 1.64. The zero-order valence-electron chi connectivity index (χ0n) is 5.91. The fraction of sp³-hybridized carbons (Fsp3) is 0.250. The van der Waals surface area contributed by atoms with Gasteiger partial charge in [0.05, 0.1) is 6.42 Å². The van der Waals surface area contributed by atoms with Crippen LogP contribution in [0.5, 0.6) is 0 Å². The summed E-state index contributed by atoms with van der Waals surface area (Å²) in [5, 5.41) is 8.39. The maximum atomic E-state index is 10.8. The van der Waals surface area contributed by atoms with Crippen molar-refractivity contribution in [3.8, 4) is 0 Å². The Morgan fingerprint density at radius 1 is 1.73 bits per heavy atom. The van der Waals surface area contributed by atoms with E-state index in [1.165, 1.54) is 6.08 Å². The fourth-order valence-electron chi connectivity index (χ4n) is 0.989. The van der Waals surface area contributed by atoms with E-state index in [0.29, 0.717) is 5.57 Å². The van der Waals surface area contributed by atoms with E-state index in [0.717, 1.165) is 0 Å². The number of ketones is 1. The summed E-state index contributed by atoms with van der Waals surface area (Å²) in [5.74, 6) is -1.35. The highest BCUT2D eigenvalue weighted by atomic mass is 16.4. The molecule has 58 valence electrons. The second-order valence-electron chi connectivity index (χ2n) is 2.45. The highest BCUT2D eigenvalue weighted by molar-refractivity contribution is 6.07. The van der Waals surface area contributed by atoms with E-state index < -0.39 is 5.97 Å². The molecule has 0 heterocycles. The number of carboxylic acids is 1. The smallest absolute Gasteiger partial charge is 0.304 e. The Morgan fingerprint density at radius 2 is 2.36 bits per heavy atom. The van der Waals surface area contributed by atoms with Gasteiger partial charge in [0.2, 0.25) is 0 Å². The summed E-state index contributed by atoms with van der Waals surface area (Å²) in [6.07, 6.45) is 2.91.